The van der Waals surface area contributed by atoms with Crippen LogP contribution >= 0.6 is 0 Å². The number of halogens is 4. The van der Waals surface area contributed by atoms with E-state index in [1.54, 1.807) is 6.92 Å². The highest BCUT2D eigenvalue weighted by molar-refractivity contribution is 5.27. The quantitative estimate of drug-likeness (QED) is 0.156. The molecule has 1 aromatic rings. The molecular weight excluding hydrogens is 336 g/mol. The SMILES string of the molecule is CCCCCCCCC(c1cc(F)c(F)c(F)c1F)C(C)(OC)OC. The van der Waals surface area contributed by atoms with Gasteiger partial charge in [0.15, 0.2) is 29.1 Å². The molecule has 1 atom stereocenters. The lowest BCUT2D eigenvalue weighted by Crippen LogP contribution is -2.38. The lowest BCUT2D eigenvalue weighted by atomic mass is 9.85. The molecule has 0 heterocycles. The number of rotatable bonds is 11. The van der Waals surface area contributed by atoms with Crippen molar-refractivity contribution in [2.75, 3.05) is 14.2 Å². The van der Waals surface area contributed by atoms with E-state index in [9.17, 15) is 17.6 Å². The third-order valence-corrected chi connectivity index (χ3v) is 4.80. The Morgan fingerprint density at radius 1 is 0.880 bits per heavy atom. The maximum Gasteiger partial charge on any atom is 0.197 e. The van der Waals surface area contributed by atoms with Crippen LogP contribution in [0.1, 0.15) is 70.3 Å². The Hall–Kier alpha value is -1.14. The van der Waals surface area contributed by atoms with E-state index in [0.717, 1.165) is 38.5 Å². The van der Waals surface area contributed by atoms with Gasteiger partial charge < -0.3 is 9.47 Å². The van der Waals surface area contributed by atoms with E-state index in [1.165, 1.54) is 14.2 Å². The van der Waals surface area contributed by atoms with Crippen molar-refractivity contribution < 1.29 is 27.0 Å². The number of unbranched alkanes of at least 4 members (excludes halogenated alkanes) is 5. The summed E-state index contributed by atoms with van der Waals surface area (Å²) in [7, 11) is 2.76. The fraction of sp³-hybridized carbons (Fsp3) is 0.684. The molecule has 0 spiro atoms. The molecule has 0 amide bonds. The Morgan fingerprint density at radius 3 is 2.00 bits per heavy atom. The van der Waals surface area contributed by atoms with E-state index in [2.05, 4.69) is 6.92 Å². The zero-order valence-electron chi connectivity index (χ0n) is 15.4. The van der Waals surface area contributed by atoms with Crippen molar-refractivity contribution in [2.24, 2.45) is 0 Å². The summed E-state index contributed by atoms with van der Waals surface area (Å²) in [5, 5.41) is 0. The molecule has 144 valence electrons. The molecule has 0 fully saturated rings. The summed E-state index contributed by atoms with van der Waals surface area (Å²) in [6.45, 7) is 3.70. The summed E-state index contributed by atoms with van der Waals surface area (Å²) >= 11 is 0. The standard InChI is InChI=1S/C19H28F4O2/c1-5-6-7-8-9-10-11-14(19(2,24-3)25-4)13-12-15(20)17(22)18(23)16(13)21/h12,14H,5-11H2,1-4H3. The zero-order valence-corrected chi connectivity index (χ0v) is 15.4. The second-order valence-electron chi connectivity index (χ2n) is 6.42. The highest BCUT2D eigenvalue weighted by Gasteiger charge is 2.38. The van der Waals surface area contributed by atoms with E-state index >= 15 is 0 Å². The number of hydrogen-bond donors (Lipinski definition) is 0. The first-order chi connectivity index (χ1) is 11.8. The normalized spacial score (nSPS) is 13.3. The first-order valence-corrected chi connectivity index (χ1v) is 8.75. The van der Waals surface area contributed by atoms with Gasteiger partial charge >= 0.3 is 0 Å². The molecule has 0 N–H and O–H groups in total. The molecule has 1 unspecified atom stereocenters. The molecule has 0 aliphatic rings. The van der Waals surface area contributed by atoms with Crippen LogP contribution in [0.25, 0.3) is 0 Å². The van der Waals surface area contributed by atoms with Gasteiger partial charge in [-0.3, -0.25) is 0 Å². The maximum absolute atomic E-state index is 14.3. The van der Waals surface area contributed by atoms with Gasteiger partial charge in [0.2, 0.25) is 0 Å². The molecule has 0 bridgehead atoms. The minimum atomic E-state index is -1.81. The van der Waals surface area contributed by atoms with Crippen LogP contribution in [0.3, 0.4) is 0 Å². The first kappa shape index (κ1) is 21.9. The summed E-state index contributed by atoms with van der Waals surface area (Å²) < 4.78 is 65.5. The number of ether oxygens (including phenoxy) is 2. The molecule has 2 nitrogen and oxygen atoms in total. The van der Waals surface area contributed by atoms with Gasteiger partial charge in [0, 0.05) is 25.7 Å². The molecule has 1 rings (SSSR count). The van der Waals surface area contributed by atoms with Crippen LogP contribution in [0.4, 0.5) is 17.6 Å². The third kappa shape index (κ3) is 5.42. The van der Waals surface area contributed by atoms with E-state index in [0.29, 0.717) is 12.5 Å². The molecule has 6 heteroatoms. The van der Waals surface area contributed by atoms with Crippen molar-refractivity contribution in [2.45, 2.75) is 70.5 Å². The Morgan fingerprint density at radius 2 is 1.44 bits per heavy atom. The Bertz CT molecular complexity index is 545. The molecule has 0 saturated heterocycles. The van der Waals surface area contributed by atoms with E-state index < -0.39 is 35.0 Å². The van der Waals surface area contributed by atoms with Crippen LogP contribution in [0.2, 0.25) is 0 Å². The maximum atomic E-state index is 14.3. The van der Waals surface area contributed by atoms with E-state index in [4.69, 9.17) is 9.47 Å². The average molecular weight is 364 g/mol. The van der Waals surface area contributed by atoms with Crippen molar-refractivity contribution >= 4 is 0 Å². The van der Waals surface area contributed by atoms with Gasteiger partial charge in [-0.2, -0.15) is 0 Å². The molecule has 0 saturated carbocycles. The van der Waals surface area contributed by atoms with Crippen LogP contribution < -0.4 is 0 Å². The van der Waals surface area contributed by atoms with Crippen molar-refractivity contribution in [1.82, 2.24) is 0 Å². The Kier molecular flexibility index (Phi) is 8.86. The minimum absolute atomic E-state index is 0.267. The van der Waals surface area contributed by atoms with Crippen LogP contribution in [-0.2, 0) is 9.47 Å². The summed E-state index contributed by atoms with van der Waals surface area (Å²) in [4.78, 5) is 0. The van der Waals surface area contributed by atoms with Gasteiger partial charge in [0.05, 0.1) is 0 Å². The summed E-state index contributed by atoms with van der Waals surface area (Å²) in [5.74, 6) is -8.47. The van der Waals surface area contributed by atoms with Gasteiger partial charge in [-0.1, -0.05) is 45.4 Å². The second-order valence-corrected chi connectivity index (χ2v) is 6.42. The minimum Gasteiger partial charge on any atom is -0.353 e. The van der Waals surface area contributed by atoms with E-state index in [1.807, 2.05) is 0 Å². The lowest BCUT2D eigenvalue weighted by Gasteiger charge is -2.35. The fourth-order valence-corrected chi connectivity index (χ4v) is 3.04. The van der Waals surface area contributed by atoms with Crippen LogP contribution in [-0.4, -0.2) is 20.0 Å². The zero-order chi connectivity index (χ0) is 19.0. The van der Waals surface area contributed by atoms with Crippen LogP contribution in [0, 0.1) is 23.3 Å². The summed E-state index contributed by atoms with van der Waals surface area (Å²) in [5.41, 5.74) is -0.267. The summed E-state index contributed by atoms with van der Waals surface area (Å²) in [6.07, 6.45) is 6.47. The topological polar surface area (TPSA) is 18.5 Å². The monoisotopic (exact) mass is 364 g/mol. The van der Waals surface area contributed by atoms with Gasteiger partial charge in [-0.25, -0.2) is 17.6 Å². The van der Waals surface area contributed by atoms with Crippen LogP contribution in [0.15, 0.2) is 6.07 Å². The van der Waals surface area contributed by atoms with Gasteiger partial charge in [-0.15, -0.1) is 0 Å². The number of benzene rings is 1. The van der Waals surface area contributed by atoms with E-state index in [-0.39, 0.29) is 5.56 Å². The predicted molar refractivity (Wildman–Crippen MR) is 89.4 cm³/mol. The van der Waals surface area contributed by atoms with Crippen molar-refractivity contribution in [3.05, 3.63) is 34.9 Å². The molecule has 0 aliphatic carbocycles. The molecule has 1 aromatic carbocycles. The average Bonchev–Trinajstić information content (AvgIpc) is 2.62. The van der Waals surface area contributed by atoms with Crippen LogP contribution in [0.5, 0.6) is 0 Å². The fourth-order valence-electron chi connectivity index (χ4n) is 3.04. The number of hydrogen-bond acceptors (Lipinski definition) is 2. The third-order valence-electron chi connectivity index (χ3n) is 4.80. The predicted octanol–water partition coefficient (Wildman–Crippen LogP) is 6.09. The molecular formula is C19H28F4O2. The largest absolute Gasteiger partial charge is 0.353 e. The van der Waals surface area contributed by atoms with Crippen molar-refractivity contribution in [3.63, 3.8) is 0 Å². The number of methoxy groups -OCH3 is 2. The van der Waals surface area contributed by atoms with Gasteiger partial charge in [0.25, 0.3) is 0 Å². The molecule has 25 heavy (non-hydrogen) atoms. The Labute approximate surface area is 147 Å². The van der Waals surface area contributed by atoms with Gasteiger partial charge in [0.1, 0.15) is 0 Å². The molecule has 0 aromatic heterocycles. The first-order valence-electron chi connectivity index (χ1n) is 8.75. The summed E-state index contributed by atoms with van der Waals surface area (Å²) in [6, 6.07) is 0.700. The molecule has 0 radical (unpaired) electrons. The highest BCUT2D eigenvalue weighted by Crippen LogP contribution is 2.39. The Balaban J connectivity index is 3.04. The van der Waals surface area contributed by atoms with Crippen molar-refractivity contribution in [3.8, 4) is 0 Å². The highest BCUT2D eigenvalue weighted by atomic mass is 19.2. The molecule has 0 aliphatic heterocycles. The second kappa shape index (κ2) is 10.1. The smallest absolute Gasteiger partial charge is 0.197 e. The van der Waals surface area contributed by atoms with Crippen molar-refractivity contribution in [1.29, 1.82) is 0 Å². The lowest BCUT2D eigenvalue weighted by molar-refractivity contribution is -0.210. The van der Waals surface area contributed by atoms with Gasteiger partial charge in [-0.05, 0) is 19.4 Å².